The van der Waals surface area contributed by atoms with Gasteiger partial charge >= 0.3 is 0 Å². The fraction of sp³-hybridized carbons (Fsp3) is 0.667. The van der Waals surface area contributed by atoms with Gasteiger partial charge in [0.15, 0.2) is 0 Å². The lowest BCUT2D eigenvalue weighted by molar-refractivity contribution is 0.0929. The molecule has 1 saturated carbocycles. The van der Waals surface area contributed by atoms with Crippen LogP contribution in [0.3, 0.4) is 0 Å². The molecule has 1 atom stereocenters. The molecule has 1 aliphatic heterocycles. The largest absolute Gasteiger partial charge is 0.377 e. The van der Waals surface area contributed by atoms with Gasteiger partial charge in [-0.15, -0.1) is 0 Å². The lowest BCUT2D eigenvalue weighted by Gasteiger charge is -2.38. The molecule has 0 aromatic carbocycles. The quantitative estimate of drug-likeness (QED) is 0.879. The predicted octanol–water partition coefficient (Wildman–Crippen LogP) is 1.95. The fourth-order valence-corrected chi connectivity index (χ4v) is 2.69. The van der Waals surface area contributed by atoms with Gasteiger partial charge in [-0.1, -0.05) is 6.92 Å². The van der Waals surface area contributed by atoms with Gasteiger partial charge in [0.2, 0.25) is 0 Å². The molecule has 2 aliphatic rings. The molecule has 4 heteroatoms. The van der Waals surface area contributed by atoms with Gasteiger partial charge in [-0.2, -0.15) is 0 Å². The van der Waals surface area contributed by atoms with Crippen molar-refractivity contribution in [1.29, 1.82) is 0 Å². The van der Waals surface area contributed by atoms with Gasteiger partial charge in [0.05, 0.1) is 19.3 Å². The van der Waals surface area contributed by atoms with Crippen molar-refractivity contribution in [3.05, 3.63) is 24.0 Å². The molecule has 0 radical (unpaired) electrons. The highest BCUT2D eigenvalue weighted by Crippen LogP contribution is 2.26. The van der Waals surface area contributed by atoms with Gasteiger partial charge in [0, 0.05) is 42.8 Å². The summed E-state index contributed by atoms with van der Waals surface area (Å²) < 4.78 is 5.60. The first kappa shape index (κ1) is 12.9. The van der Waals surface area contributed by atoms with E-state index in [-0.39, 0.29) is 0 Å². The summed E-state index contributed by atoms with van der Waals surface area (Å²) >= 11 is 0. The Hall–Kier alpha value is -1.13. The number of rotatable bonds is 5. The summed E-state index contributed by atoms with van der Waals surface area (Å²) in [5.74, 6) is 0. The number of nitrogens with zero attached hydrogens (tertiary/aromatic N) is 2. The Bertz CT molecular complexity index is 420. The second-order valence-corrected chi connectivity index (χ2v) is 5.49. The van der Waals surface area contributed by atoms with Crippen LogP contribution >= 0.6 is 0 Å². The van der Waals surface area contributed by atoms with Crippen LogP contribution in [0.5, 0.6) is 0 Å². The van der Waals surface area contributed by atoms with Crippen LogP contribution in [-0.4, -0.2) is 36.8 Å². The second kappa shape index (κ2) is 5.88. The molecule has 3 rings (SSSR count). The van der Waals surface area contributed by atoms with Crippen molar-refractivity contribution in [3.63, 3.8) is 0 Å². The van der Waals surface area contributed by atoms with Crippen LogP contribution in [0, 0.1) is 0 Å². The molecule has 1 N–H and O–H groups in total. The van der Waals surface area contributed by atoms with Crippen LogP contribution in [0.2, 0.25) is 0 Å². The Morgan fingerprint density at radius 2 is 2.37 bits per heavy atom. The van der Waals surface area contributed by atoms with E-state index in [9.17, 15) is 0 Å². The highest BCUT2D eigenvalue weighted by molar-refractivity contribution is 5.53. The van der Waals surface area contributed by atoms with E-state index in [1.807, 2.05) is 12.4 Å². The number of aromatic nitrogens is 1. The number of ether oxygens (including phenoxy) is 1. The lowest BCUT2D eigenvalue weighted by atomic mass is 10.1. The molecule has 1 unspecified atom stereocenters. The summed E-state index contributed by atoms with van der Waals surface area (Å²) in [5.41, 5.74) is 2.65. The zero-order chi connectivity index (χ0) is 13.1. The van der Waals surface area contributed by atoms with Crippen LogP contribution in [0.1, 0.15) is 31.7 Å². The Morgan fingerprint density at radius 3 is 3.16 bits per heavy atom. The number of hydrogen-bond donors (Lipinski definition) is 1. The van der Waals surface area contributed by atoms with E-state index in [1.54, 1.807) is 0 Å². The van der Waals surface area contributed by atoms with E-state index in [1.165, 1.54) is 24.1 Å². The molecule has 1 saturated heterocycles. The van der Waals surface area contributed by atoms with Crippen LogP contribution in [-0.2, 0) is 11.3 Å². The van der Waals surface area contributed by atoms with Gasteiger partial charge in [-0.05, 0) is 25.3 Å². The van der Waals surface area contributed by atoms with Gasteiger partial charge < -0.3 is 15.0 Å². The third-order valence-electron chi connectivity index (χ3n) is 4.04. The number of anilines is 1. The summed E-state index contributed by atoms with van der Waals surface area (Å²) in [7, 11) is 0. The molecule has 1 aromatic rings. The van der Waals surface area contributed by atoms with E-state index in [4.69, 9.17) is 4.74 Å². The first-order valence-corrected chi connectivity index (χ1v) is 7.39. The first-order chi connectivity index (χ1) is 9.38. The first-order valence-electron chi connectivity index (χ1n) is 7.39. The summed E-state index contributed by atoms with van der Waals surface area (Å²) in [6.45, 7) is 5.82. The van der Waals surface area contributed by atoms with E-state index in [2.05, 4.69) is 28.2 Å². The van der Waals surface area contributed by atoms with E-state index < -0.39 is 0 Å². The third-order valence-corrected chi connectivity index (χ3v) is 4.04. The van der Waals surface area contributed by atoms with Gasteiger partial charge in [-0.3, -0.25) is 4.98 Å². The summed E-state index contributed by atoms with van der Waals surface area (Å²) in [6, 6.07) is 3.38. The summed E-state index contributed by atoms with van der Waals surface area (Å²) in [5, 5.41) is 3.59. The monoisotopic (exact) mass is 261 g/mol. The van der Waals surface area contributed by atoms with Crippen molar-refractivity contribution >= 4 is 5.69 Å². The molecular weight excluding hydrogens is 238 g/mol. The fourth-order valence-electron chi connectivity index (χ4n) is 2.69. The maximum atomic E-state index is 5.60. The van der Waals surface area contributed by atoms with E-state index in [0.29, 0.717) is 6.04 Å². The van der Waals surface area contributed by atoms with Crippen molar-refractivity contribution in [2.24, 2.45) is 0 Å². The summed E-state index contributed by atoms with van der Waals surface area (Å²) in [4.78, 5) is 6.79. The minimum Gasteiger partial charge on any atom is -0.377 e. The standard InChI is InChI=1S/C15H23N3O/c1-2-14-11-19-8-7-18(14)15-5-6-16-9-12(15)10-17-13-3-4-13/h5-6,9,13-14,17H,2-4,7-8,10-11H2,1H3. The Morgan fingerprint density at radius 1 is 1.47 bits per heavy atom. The topological polar surface area (TPSA) is 37.4 Å². The Kier molecular flexibility index (Phi) is 3.99. The van der Waals surface area contributed by atoms with Crippen LogP contribution in [0.15, 0.2) is 18.5 Å². The zero-order valence-electron chi connectivity index (χ0n) is 11.6. The number of hydrogen-bond acceptors (Lipinski definition) is 4. The van der Waals surface area contributed by atoms with Crippen LogP contribution in [0.25, 0.3) is 0 Å². The predicted molar refractivity (Wildman–Crippen MR) is 76.3 cm³/mol. The van der Waals surface area contributed by atoms with E-state index in [0.717, 1.165) is 38.8 Å². The molecule has 0 amide bonds. The van der Waals surface area contributed by atoms with Crippen molar-refractivity contribution in [3.8, 4) is 0 Å². The highest BCUT2D eigenvalue weighted by atomic mass is 16.5. The average Bonchev–Trinajstić information content (AvgIpc) is 3.29. The molecule has 19 heavy (non-hydrogen) atoms. The van der Waals surface area contributed by atoms with Crippen molar-refractivity contribution < 1.29 is 4.74 Å². The van der Waals surface area contributed by atoms with Crippen LogP contribution < -0.4 is 10.2 Å². The number of pyridine rings is 1. The molecule has 0 spiro atoms. The maximum absolute atomic E-state index is 5.60. The maximum Gasteiger partial charge on any atom is 0.0670 e. The third kappa shape index (κ3) is 3.07. The van der Waals surface area contributed by atoms with E-state index >= 15 is 0 Å². The Labute approximate surface area is 115 Å². The zero-order valence-corrected chi connectivity index (χ0v) is 11.6. The molecule has 1 aliphatic carbocycles. The number of nitrogens with one attached hydrogen (secondary N) is 1. The lowest BCUT2D eigenvalue weighted by Crippen LogP contribution is -2.45. The minimum absolute atomic E-state index is 0.496. The molecular formula is C15H23N3O. The minimum atomic E-state index is 0.496. The Balaban J connectivity index is 1.76. The molecule has 1 aromatic heterocycles. The van der Waals surface area contributed by atoms with Gasteiger partial charge in [0.1, 0.15) is 0 Å². The smallest absolute Gasteiger partial charge is 0.0670 e. The molecule has 0 bridgehead atoms. The molecule has 104 valence electrons. The number of morpholine rings is 1. The van der Waals surface area contributed by atoms with Crippen molar-refractivity contribution in [2.75, 3.05) is 24.7 Å². The summed E-state index contributed by atoms with van der Waals surface area (Å²) in [6.07, 6.45) is 7.68. The highest BCUT2D eigenvalue weighted by Gasteiger charge is 2.25. The SMILES string of the molecule is CCC1COCCN1c1ccncc1CNC1CC1. The van der Waals surface area contributed by atoms with Crippen molar-refractivity contribution in [2.45, 2.75) is 44.8 Å². The second-order valence-electron chi connectivity index (χ2n) is 5.49. The normalized spacial score (nSPS) is 23.6. The average molecular weight is 261 g/mol. The van der Waals surface area contributed by atoms with Crippen molar-refractivity contribution in [1.82, 2.24) is 10.3 Å². The van der Waals surface area contributed by atoms with Gasteiger partial charge in [0.25, 0.3) is 0 Å². The molecule has 4 nitrogen and oxygen atoms in total. The molecule has 2 fully saturated rings. The van der Waals surface area contributed by atoms with Gasteiger partial charge in [-0.25, -0.2) is 0 Å². The van der Waals surface area contributed by atoms with Crippen LogP contribution in [0.4, 0.5) is 5.69 Å². The molecule has 2 heterocycles.